The topological polar surface area (TPSA) is 0 Å². The van der Waals surface area contributed by atoms with Crippen molar-refractivity contribution in [3.05, 3.63) is 132 Å². The van der Waals surface area contributed by atoms with Gasteiger partial charge in [0, 0.05) is 0 Å². The lowest BCUT2D eigenvalue weighted by atomic mass is 9.85. The zero-order valence-electron chi connectivity index (χ0n) is 22.8. The van der Waals surface area contributed by atoms with Gasteiger partial charge in [0.05, 0.1) is 11.1 Å². The minimum absolute atomic E-state index is 0.134. The van der Waals surface area contributed by atoms with Crippen LogP contribution in [-0.4, -0.2) is 0 Å². The molecule has 0 saturated heterocycles. The quantitative estimate of drug-likeness (QED) is 0.107. The smallest absolute Gasteiger partial charge is 0.166 e. The Morgan fingerprint density at radius 3 is 1.34 bits per heavy atom. The van der Waals surface area contributed by atoms with Gasteiger partial charge >= 0.3 is 12.4 Å². The number of benzene rings is 8. The van der Waals surface area contributed by atoms with E-state index in [0.717, 1.165) is 71.7 Å². The first-order valence-electron chi connectivity index (χ1n) is 14.0. The third-order valence-electron chi connectivity index (χ3n) is 8.60. The van der Waals surface area contributed by atoms with Gasteiger partial charge in [-0.05, 0) is 100 Å². The first-order valence-corrected chi connectivity index (χ1v) is 14.0. The molecule has 0 amide bonds. The fourth-order valence-electron chi connectivity index (χ4n) is 6.69. The van der Waals surface area contributed by atoms with Crippen LogP contribution < -0.4 is 0 Å². The molecular formula is C38H20F6. The summed E-state index contributed by atoms with van der Waals surface area (Å²) >= 11 is 0. The Balaban J connectivity index is 1.46. The van der Waals surface area contributed by atoms with E-state index < -0.39 is 23.5 Å². The van der Waals surface area contributed by atoms with Crippen molar-refractivity contribution < 1.29 is 26.3 Å². The van der Waals surface area contributed by atoms with E-state index in [1.54, 1.807) is 18.2 Å². The Kier molecular flexibility index (Phi) is 5.54. The summed E-state index contributed by atoms with van der Waals surface area (Å²) in [6.45, 7) is 0. The first-order chi connectivity index (χ1) is 21.1. The van der Waals surface area contributed by atoms with E-state index in [1.165, 1.54) is 0 Å². The highest BCUT2D eigenvalue weighted by Crippen LogP contribution is 2.46. The molecule has 0 aromatic heterocycles. The van der Waals surface area contributed by atoms with Crippen LogP contribution in [0.25, 0.3) is 76.1 Å². The van der Waals surface area contributed by atoms with Crippen LogP contribution in [0.2, 0.25) is 0 Å². The third kappa shape index (κ3) is 4.01. The van der Waals surface area contributed by atoms with Crippen molar-refractivity contribution in [1.29, 1.82) is 0 Å². The molecule has 0 aliphatic heterocycles. The molecule has 0 fully saturated rings. The Morgan fingerprint density at radius 1 is 0.364 bits per heavy atom. The van der Waals surface area contributed by atoms with Gasteiger partial charge in [0.25, 0.3) is 0 Å². The average Bonchev–Trinajstić information content (AvgIpc) is 3.01. The summed E-state index contributed by atoms with van der Waals surface area (Å²) in [5.41, 5.74) is -0.417. The highest BCUT2D eigenvalue weighted by Gasteiger charge is 2.37. The van der Waals surface area contributed by atoms with Crippen LogP contribution in [0.1, 0.15) is 11.1 Å². The van der Waals surface area contributed by atoms with Gasteiger partial charge in [-0.2, -0.15) is 26.3 Å². The van der Waals surface area contributed by atoms with Gasteiger partial charge in [0.1, 0.15) is 0 Å². The predicted molar refractivity (Wildman–Crippen MR) is 166 cm³/mol. The lowest BCUT2D eigenvalue weighted by Gasteiger charge is -2.19. The fourth-order valence-corrected chi connectivity index (χ4v) is 6.69. The monoisotopic (exact) mass is 590 g/mol. The number of hydrogen-bond donors (Lipinski definition) is 0. The van der Waals surface area contributed by atoms with Crippen LogP contribution in [-0.2, 0) is 12.4 Å². The van der Waals surface area contributed by atoms with Crippen molar-refractivity contribution in [3.8, 4) is 22.3 Å². The molecule has 0 nitrogen and oxygen atoms in total. The molecule has 0 unspecified atom stereocenters. The molecule has 8 aromatic carbocycles. The lowest BCUT2D eigenvalue weighted by Crippen LogP contribution is -2.11. The second-order valence-electron chi connectivity index (χ2n) is 11.1. The molecular weight excluding hydrogens is 570 g/mol. The Labute approximate surface area is 247 Å². The minimum Gasteiger partial charge on any atom is -0.166 e. The van der Waals surface area contributed by atoms with E-state index in [4.69, 9.17) is 0 Å². The van der Waals surface area contributed by atoms with Gasteiger partial charge in [0.2, 0.25) is 0 Å². The second-order valence-corrected chi connectivity index (χ2v) is 11.1. The van der Waals surface area contributed by atoms with Crippen molar-refractivity contribution in [2.45, 2.75) is 12.4 Å². The van der Waals surface area contributed by atoms with E-state index in [0.29, 0.717) is 10.9 Å². The molecule has 0 aliphatic carbocycles. The average molecular weight is 591 g/mol. The molecule has 44 heavy (non-hydrogen) atoms. The molecule has 0 spiro atoms. The van der Waals surface area contributed by atoms with Gasteiger partial charge < -0.3 is 0 Å². The van der Waals surface area contributed by atoms with Crippen LogP contribution in [0.5, 0.6) is 0 Å². The van der Waals surface area contributed by atoms with Crippen molar-refractivity contribution in [2.75, 3.05) is 0 Å². The van der Waals surface area contributed by atoms with Crippen molar-refractivity contribution in [3.63, 3.8) is 0 Å². The molecule has 6 heteroatoms. The SMILES string of the molecule is FC(F)(F)c1cc(-c2ccc3ccc4c(-c5c6ccccc6cc6ccccc56)ccc5ccc2c3c54)cc(C(F)(F)F)c1. The van der Waals surface area contributed by atoms with Crippen LogP contribution in [0.15, 0.2) is 121 Å². The second kappa shape index (κ2) is 9.20. The van der Waals surface area contributed by atoms with Gasteiger partial charge in [-0.25, -0.2) is 0 Å². The summed E-state index contributed by atoms with van der Waals surface area (Å²) < 4.78 is 82.5. The molecule has 8 aromatic rings. The molecule has 0 atom stereocenters. The summed E-state index contributed by atoms with van der Waals surface area (Å²) in [4.78, 5) is 0. The number of fused-ring (bicyclic) bond motifs is 2. The maximum absolute atomic E-state index is 13.8. The standard InChI is InChI=1S/C38H20F6/c39-37(40,41)26-18-25(19-27(20-26)38(42,43)44)28-13-9-21-11-15-32-33(16-12-22-10-14-31(28)34(21)35(22)32)36-29-7-3-1-5-23(29)17-24-6-2-4-8-30(24)36/h1-20H. The zero-order valence-corrected chi connectivity index (χ0v) is 22.8. The maximum Gasteiger partial charge on any atom is 0.416 e. The van der Waals surface area contributed by atoms with Crippen LogP contribution in [0.4, 0.5) is 26.3 Å². The molecule has 8 rings (SSSR count). The summed E-state index contributed by atoms with van der Waals surface area (Å²) in [5, 5.41) is 9.42. The normalized spacial score (nSPS) is 12.8. The Bertz CT molecular complexity index is 2330. The van der Waals surface area contributed by atoms with Crippen molar-refractivity contribution in [1.82, 2.24) is 0 Å². The largest absolute Gasteiger partial charge is 0.416 e. The minimum atomic E-state index is -4.93. The van der Waals surface area contributed by atoms with Gasteiger partial charge in [-0.3, -0.25) is 0 Å². The highest BCUT2D eigenvalue weighted by atomic mass is 19.4. The van der Waals surface area contributed by atoms with E-state index >= 15 is 0 Å². The number of hydrogen-bond acceptors (Lipinski definition) is 0. The van der Waals surface area contributed by atoms with Crippen LogP contribution in [0, 0.1) is 0 Å². The zero-order chi connectivity index (χ0) is 30.4. The molecule has 214 valence electrons. The van der Waals surface area contributed by atoms with E-state index in [2.05, 4.69) is 42.5 Å². The Morgan fingerprint density at radius 2 is 0.818 bits per heavy atom. The number of rotatable bonds is 2. The summed E-state index contributed by atoms with van der Waals surface area (Å²) in [5.74, 6) is 0. The summed E-state index contributed by atoms with van der Waals surface area (Å²) in [6, 6.07) is 35.5. The van der Waals surface area contributed by atoms with Crippen LogP contribution in [0.3, 0.4) is 0 Å². The molecule has 0 radical (unpaired) electrons. The van der Waals surface area contributed by atoms with Gasteiger partial charge in [0.15, 0.2) is 0 Å². The summed E-state index contributed by atoms with van der Waals surface area (Å²) in [7, 11) is 0. The van der Waals surface area contributed by atoms with Gasteiger partial charge in [-0.1, -0.05) is 97.1 Å². The van der Waals surface area contributed by atoms with E-state index in [1.807, 2.05) is 42.5 Å². The van der Waals surface area contributed by atoms with Crippen molar-refractivity contribution in [2.24, 2.45) is 0 Å². The third-order valence-corrected chi connectivity index (χ3v) is 8.60. The van der Waals surface area contributed by atoms with Gasteiger partial charge in [-0.15, -0.1) is 0 Å². The number of alkyl halides is 6. The summed E-state index contributed by atoms with van der Waals surface area (Å²) in [6.07, 6.45) is -9.87. The first kappa shape index (κ1) is 26.5. The van der Waals surface area contributed by atoms with E-state index in [9.17, 15) is 26.3 Å². The van der Waals surface area contributed by atoms with Crippen molar-refractivity contribution >= 4 is 53.9 Å². The van der Waals surface area contributed by atoms with E-state index in [-0.39, 0.29) is 11.6 Å². The Hall–Kier alpha value is -5.10. The molecule has 0 bridgehead atoms. The van der Waals surface area contributed by atoms with Crippen LogP contribution >= 0.6 is 0 Å². The fraction of sp³-hybridized carbons (Fsp3) is 0.0526. The maximum atomic E-state index is 13.8. The number of halogens is 6. The molecule has 0 aliphatic rings. The molecule has 0 heterocycles. The predicted octanol–water partition coefficient (Wildman–Crippen LogP) is 12.3. The molecule has 0 N–H and O–H groups in total. The lowest BCUT2D eigenvalue weighted by molar-refractivity contribution is -0.143. The highest BCUT2D eigenvalue weighted by molar-refractivity contribution is 6.29. The molecule has 0 saturated carbocycles.